The molecule has 0 fully saturated rings. The third kappa shape index (κ3) is 6.19. The van der Waals surface area contributed by atoms with E-state index in [-0.39, 0.29) is 35.6 Å². The molecule has 4 N–H and O–H groups in total. The van der Waals surface area contributed by atoms with Crippen molar-refractivity contribution in [1.29, 1.82) is 0 Å². The van der Waals surface area contributed by atoms with Crippen LogP contribution in [0.4, 0.5) is 4.39 Å². The largest absolute Gasteiger partial charge is 0.454 e. The van der Waals surface area contributed by atoms with E-state index < -0.39 is 5.91 Å². The van der Waals surface area contributed by atoms with Crippen LogP contribution in [0.1, 0.15) is 21.9 Å². The first-order valence-electron chi connectivity index (χ1n) is 7.16. The Hall–Kier alpha value is -2.10. The molecule has 0 atom stereocenters. The molecule has 1 amide bonds. The molecule has 8 heteroatoms. The molecule has 0 aliphatic rings. The van der Waals surface area contributed by atoms with Gasteiger partial charge in [0.2, 0.25) is 0 Å². The van der Waals surface area contributed by atoms with Gasteiger partial charge in [-0.1, -0.05) is 12.1 Å². The predicted molar refractivity (Wildman–Crippen MR) is 101 cm³/mol. The zero-order valence-electron chi connectivity index (χ0n) is 13.2. The molecule has 130 valence electrons. The normalized spacial score (nSPS) is 10.8. The number of halogens is 2. The number of furan rings is 1. The molecule has 2 aromatic rings. The highest BCUT2D eigenvalue weighted by atomic mass is 127. The zero-order valence-corrected chi connectivity index (χ0v) is 15.5. The minimum absolute atomic E-state index is 0. The number of nitrogens with zero attached hydrogens (tertiary/aromatic N) is 1. The van der Waals surface area contributed by atoms with E-state index in [1.807, 2.05) is 0 Å². The van der Waals surface area contributed by atoms with E-state index in [0.29, 0.717) is 24.8 Å². The number of rotatable bonds is 6. The van der Waals surface area contributed by atoms with Crippen molar-refractivity contribution in [1.82, 2.24) is 10.6 Å². The molecule has 0 radical (unpaired) electrons. The van der Waals surface area contributed by atoms with E-state index in [0.717, 1.165) is 12.0 Å². The van der Waals surface area contributed by atoms with Gasteiger partial charge in [0, 0.05) is 13.6 Å². The number of benzene rings is 1. The summed E-state index contributed by atoms with van der Waals surface area (Å²) in [7, 11) is 1.66. The van der Waals surface area contributed by atoms with Crippen molar-refractivity contribution in [2.24, 2.45) is 10.7 Å². The van der Waals surface area contributed by atoms with Gasteiger partial charge >= 0.3 is 0 Å². The van der Waals surface area contributed by atoms with Crippen LogP contribution < -0.4 is 16.4 Å². The maximum Gasteiger partial charge on any atom is 0.284 e. The molecular weight excluding hydrogens is 426 g/mol. The molecule has 0 unspecified atom stereocenters. The lowest BCUT2D eigenvalue weighted by Gasteiger charge is -2.11. The summed E-state index contributed by atoms with van der Waals surface area (Å²) in [6, 6.07) is 9.59. The molecule has 1 heterocycles. The smallest absolute Gasteiger partial charge is 0.284 e. The van der Waals surface area contributed by atoms with Crippen LogP contribution in [0.15, 0.2) is 45.8 Å². The van der Waals surface area contributed by atoms with Crippen molar-refractivity contribution in [3.05, 3.63) is 59.3 Å². The van der Waals surface area contributed by atoms with Crippen molar-refractivity contribution in [2.45, 2.75) is 13.0 Å². The topological polar surface area (TPSA) is 92.6 Å². The zero-order chi connectivity index (χ0) is 16.7. The van der Waals surface area contributed by atoms with Gasteiger partial charge in [-0.05, 0) is 36.2 Å². The fourth-order valence-electron chi connectivity index (χ4n) is 1.97. The van der Waals surface area contributed by atoms with Crippen molar-refractivity contribution in [2.75, 3.05) is 13.6 Å². The first kappa shape index (κ1) is 19.9. The molecule has 0 saturated carbocycles. The molecule has 0 aliphatic carbocycles. The summed E-state index contributed by atoms with van der Waals surface area (Å²) in [6.07, 6.45) is 0.744. The Bertz CT molecular complexity index is 686. The van der Waals surface area contributed by atoms with Crippen LogP contribution in [0.25, 0.3) is 0 Å². The van der Waals surface area contributed by atoms with Crippen LogP contribution >= 0.6 is 24.0 Å². The summed E-state index contributed by atoms with van der Waals surface area (Å²) in [5.41, 5.74) is 6.16. The standard InChI is InChI=1S/C16H19FN4O2.HI/c1-19-16(20-9-8-11-2-4-12(17)5-3-11)21-10-13-6-7-14(23-13)15(18)22;/h2-7H,8-10H2,1H3,(H2,18,22)(H2,19,20,21);1H. The van der Waals surface area contributed by atoms with Gasteiger partial charge in [0.25, 0.3) is 5.91 Å². The lowest BCUT2D eigenvalue weighted by Crippen LogP contribution is -2.37. The second-order valence-corrected chi connectivity index (χ2v) is 4.86. The Balaban J connectivity index is 0.00000288. The van der Waals surface area contributed by atoms with Gasteiger partial charge in [0.05, 0.1) is 6.54 Å². The Labute approximate surface area is 156 Å². The quantitative estimate of drug-likeness (QED) is 0.360. The first-order valence-corrected chi connectivity index (χ1v) is 7.16. The lowest BCUT2D eigenvalue weighted by molar-refractivity contribution is 0.0972. The van der Waals surface area contributed by atoms with Gasteiger partial charge < -0.3 is 20.8 Å². The van der Waals surface area contributed by atoms with E-state index in [1.165, 1.54) is 18.2 Å². The van der Waals surface area contributed by atoms with E-state index in [9.17, 15) is 9.18 Å². The van der Waals surface area contributed by atoms with Crippen LogP contribution in [0.3, 0.4) is 0 Å². The first-order chi connectivity index (χ1) is 11.1. The second-order valence-electron chi connectivity index (χ2n) is 4.86. The van der Waals surface area contributed by atoms with Crippen molar-refractivity contribution < 1.29 is 13.6 Å². The van der Waals surface area contributed by atoms with Gasteiger partial charge in [-0.25, -0.2) is 4.39 Å². The third-order valence-corrected chi connectivity index (χ3v) is 3.18. The van der Waals surface area contributed by atoms with E-state index in [1.54, 1.807) is 25.2 Å². The Kier molecular flexibility index (Phi) is 8.24. The summed E-state index contributed by atoms with van der Waals surface area (Å²) in [5, 5.41) is 6.21. The number of aliphatic imine (C=N–C) groups is 1. The van der Waals surface area contributed by atoms with Gasteiger partial charge in [-0.15, -0.1) is 24.0 Å². The number of nitrogens with one attached hydrogen (secondary N) is 2. The Morgan fingerprint density at radius 1 is 1.21 bits per heavy atom. The van der Waals surface area contributed by atoms with Crippen LogP contribution in [0.5, 0.6) is 0 Å². The number of amides is 1. The van der Waals surface area contributed by atoms with Gasteiger partial charge in [0.1, 0.15) is 11.6 Å². The van der Waals surface area contributed by atoms with Crippen molar-refractivity contribution >= 4 is 35.8 Å². The Morgan fingerprint density at radius 3 is 2.50 bits per heavy atom. The molecule has 2 rings (SSSR count). The maximum absolute atomic E-state index is 12.8. The van der Waals surface area contributed by atoms with Crippen molar-refractivity contribution in [3.8, 4) is 0 Å². The molecule has 6 nitrogen and oxygen atoms in total. The number of hydrogen-bond donors (Lipinski definition) is 3. The highest BCUT2D eigenvalue weighted by Crippen LogP contribution is 2.06. The minimum Gasteiger partial charge on any atom is -0.454 e. The SMILES string of the molecule is CN=C(NCCc1ccc(F)cc1)NCc1ccc(C(N)=O)o1.I. The maximum atomic E-state index is 12.8. The molecule has 1 aromatic carbocycles. The number of primary amides is 1. The van der Waals surface area contributed by atoms with Gasteiger partial charge in [-0.3, -0.25) is 9.79 Å². The molecule has 1 aromatic heterocycles. The average molecular weight is 446 g/mol. The minimum atomic E-state index is -0.599. The molecule has 0 bridgehead atoms. The van der Waals surface area contributed by atoms with Gasteiger partial charge in [-0.2, -0.15) is 0 Å². The van der Waals surface area contributed by atoms with E-state index in [4.69, 9.17) is 10.2 Å². The monoisotopic (exact) mass is 446 g/mol. The highest BCUT2D eigenvalue weighted by molar-refractivity contribution is 14.0. The van der Waals surface area contributed by atoms with Crippen LogP contribution in [-0.4, -0.2) is 25.5 Å². The Morgan fingerprint density at radius 2 is 1.92 bits per heavy atom. The molecule has 24 heavy (non-hydrogen) atoms. The third-order valence-electron chi connectivity index (χ3n) is 3.18. The van der Waals surface area contributed by atoms with Crippen LogP contribution in [0.2, 0.25) is 0 Å². The summed E-state index contributed by atoms with van der Waals surface area (Å²) >= 11 is 0. The summed E-state index contributed by atoms with van der Waals surface area (Å²) < 4.78 is 18.1. The number of hydrogen-bond acceptors (Lipinski definition) is 3. The number of nitrogens with two attached hydrogens (primary N) is 1. The fourth-order valence-corrected chi connectivity index (χ4v) is 1.97. The lowest BCUT2D eigenvalue weighted by atomic mass is 10.1. The fraction of sp³-hybridized carbons (Fsp3) is 0.250. The van der Waals surface area contributed by atoms with E-state index in [2.05, 4.69) is 15.6 Å². The van der Waals surface area contributed by atoms with Gasteiger partial charge in [0.15, 0.2) is 11.7 Å². The summed E-state index contributed by atoms with van der Waals surface area (Å²) in [4.78, 5) is 15.0. The summed E-state index contributed by atoms with van der Waals surface area (Å²) in [6.45, 7) is 1.03. The van der Waals surface area contributed by atoms with Crippen LogP contribution in [-0.2, 0) is 13.0 Å². The molecule has 0 aliphatic heterocycles. The number of carbonyl (C=O) groups excluding carboxylic acids is 1. The average Bonchev–Trinajstić information content (AvgIpc) is 3.01. The van der Waals surface area contributed by atoms with Crippen LogP contribution in [0, 0.1) is 5.82 Å². The predicted octanol–water partition coefficient (Wildman–Crippen LogP) is 2.04. The molecular formula is C16H20FIN4O2. The molecule has 0 saturated heterocycles. The number of guanidine groups is 1. The highest BCUT2D eigenvalue weighted by Gasteiger charge is 2.07. The van der Waals surface area contributed by atoms with E-state index >= 15 is 0 Å². The second kappa shape index (κ2) is 9.91. The van der Waals surface area contributed by atoms with Crippen molar-refractivity contribution in [3.63, 3.8) is 0 Å². The number of carbonyl (C=O) groups is 1. The summed E-state index contributed by atoms with van der Waals surface area (Å²) in [5.74, 6) is 0.469. The molecule has 0 spiro atoms.